The van der Waals surface area contributed by atoms with Gasteiger partial charge in [0.25, 0.3) is 5.91 Å². The topological polar surface area (TPSA) is 29.1 Å². The maximum atomic E-state index is 12.0. The van der Waals surface area contributed by atoms with E-state index >= 15 is 0 Å². The van der Waals surface area contributed by atoms with E-state index < -0.39 is 0 Å². The van der Waals surface area contributed by atoms with Crippen LogP contribution >= 0.6 is 15.9 Å². The van der Waals surface area contributed by atoms with E-state index in [9.17, 15) is 4.79 Å². The fourth-order valence-electron chi connectivity index (χ4n) is 1.84. The van der Waals surface area contributed by atoms with Crippen molar-refractivity contribution in [2.75, 3.05) is 0 Å². The molecule has 1 N–H and O–H groups in total. The summed E-state index contributed by atoms with van der Waals surface area (Å²) in [6.45, 7) is 1.95. The van der Waals surface area contributed by atoms with Crippen LogP contribution in [-0.2, 0) is 0 Å². The van der Waals surface area contributed by atoms with Gasteiger partial charge in [-0.1, -0.05) is 34.1 Å². The summed E-state index contributed by atoms with van der Waals surface area (Å²) in [6, 6.07) is 6.04. The van der Waals surface area contributed by atoms with E-state index in [1.165, 1.54) is 0 Å². The third-order valence-corrected chi connectivity index (χ3v) is 3.28. The van der Waals surface area contributed by atoms with E-state index in [0.29, 0.717) is 0 Å². The van der Waals surface area contributed by atoms with Crippen LogP contribution in [0.2, 0.25) is 0 Å². The fourth-order valence-corrected chi connectivity index (χ4v) is 2.20. The first-order valence-electron chi connectivity index (χ1n) is 5.39. The second kappa shape index (κ2) is 4.83. The molecule has 0 saturated heterocycles. The smallest absolute Gasteiger partial charge is 0.251 e. The van der Waals surface area contributed by atoms with E-state index in [1.54, 1.807) is 0 Å². The summed E-state index contributed by atoms with van der Waals surface area (Å²) in [7, 11) is 0. The second-order valence-corrected chi connectivity index (χ2v) is 4.99. The van der Waals surface area contributed by atoms with Crippen LogP contribution in [0.1, 0.15) is 28.8 Å². The van der Waals surface area contributed by atoms with Gasteiger partial charge in [0, 0.05) is 16.1 Å². The number of benzene rings is 1. The number of carbonyl (C=O) groups excluding carboxylic acids is 1. The van der Waals surface area contributed by atoms with Crippen molar-refractivity contribution in [3.63, 3.8) is 0 Å². The molecule has 0 radical (unpaired) electrons. The van der Waals surface area contributed by atoms with Gasteiger partial charge >= 0.3 is 0 Å². The van der Waals surface area contributed by atoms with Gasteiger partial charge in [-0.3, -0.25) is 4.79 Å². The summed E-state index contributed by atoms with van der Waals surface area (Å²) in [6.07, 6.45) is 6.11. The van der Waals surface area contributed by atoms with Crippen molar-refractivity contribution in [3.8, 4) is 0 Å². The largest absolute Gasteiger partial charge is 0.349 e. The third-order valence-electron chi connectivity index (χ3n) is 2.79. The van der Waals surface area contributed by atoms with E-state index in [1.807, 2.05) is 25.1 Å². The highest BCUT2D eigenvalue weighted by Gasteiger charge is 2.15. The molecule has 1 aromatic rings. The summed E-state index contributed by atoms with van der Waals surface area (Å²) in [5, 5.41) is 3.04. The molecule has 1 aromatic carbocycles. The second-order valence-electron chi connectivity index (χ2n) is 4.07. The van der Waals surface area contributed by atoms with Crippen molar-refractivity contribution in [1.29, 1.82) is 0 Å². The molecule has 0 aromatic heterocycles. The van der Waals surface area contributed by atoms with Crippen molar-refractivity contribution >= 4 is 21.8 Å². The molecule has 16 heavy (non-hydrogen) atoms. The van der Waals surface area contributed by atoms with E-state index in [0.717, 1.165) is 28.4 Å². The first-order chi connectivity index (χ1) is 7.66. The standard InChI is InChI=1S/C13H14BrNO/c1-9-6-7-10(14)8-12(9)13(16)15-11-4-2-3-5-11/h2-3,6-8,11H,4-5H2,1H3,(H,15,16). The molecular weight excluding hydrogens is 266 g/mol. The number of hydrogen-bond acceptors (Lipinski definition) is 1. The Labute approximate surface area is 104 Å². The lowest BCUT2D eigenvalue weighted by atomic mass is 10.1. The minimum absolute atomic E-state index is 0.0208. The monoisotopic (exact) mass is 279 g/mol. The van der Waals surface area contributed by atoms with Crippen LogP contribution in [0.4, 0.5) is 0 Å². The predicted octanol–water partition coefficient (Wildman–Crippen LogP) is 3.21. The zero-order valence-corrected chi connectivity index (χ0v) is 10.8. The molecule has 2 nitrogen and oxygen atoms in total. The minimum Gasteiger partial charge on any atom is -0.349 e. The number of hydrogen-bond donors (Lipinski definition) is 1. The normalized spacial score (nSPS) is 15.4. The first-order valence-corrected chi connectivity index (χ1v) is 6.18. The first kappa shape index (κ1) is 11.4. The van der Waals surface area contributed by atoms with Gasteiger partial charge in [0.1, 0.15) is 0 Å². The lowest BCUT2D eigenvalue weighted by Gasteiger charge is -2.13. The highest BCUT2D eigenvalue weighted by molar-refractivity contribution is 9.10. The Morgan fingerprint density at radius 2 is 2.06 bits per heavy atom. The molecule has 0 atom stereocenters. The van der Waals surface area contributed by atoms with Crippen LogP contribution in [0.3, 0.4) is 0 Å². The third kappa shape index (κ3) is 2.53. The van der Waals surface area contributed by atoms with Crippen LogP contribution in [0.5, 0.6) is 0 Å². The molecule has 0 saturated carbocycles. The average Bonchev–Trinajstić information content (AvgIpc) is 2.74. The van der Waals surface area contributed by atoms with Gasteiger partial charge in [-0.25, -0.2) is 0 Å². The number of nitrogens with one attached hydrogen (secondary N) is 1. The number of rotatable bonds is 2. The molecule has 0 bridgehead atoms. The Balaban J connectivity index is 2.10. The molecule has 3 heteroatoms. The van der Waals surface area contributed by atoms with Crippen LogP contribution in [0.15, 0.2) is 34.8 Å². The lowest BCUT2D eigenvalue weighted by Crippen LogP contribution is -2.33. The zero-order chi connectivity index (χ0) is 11.5. The Bertz CT molecular complexity index is 432. The van der Waals surface area contributed by atoms with Crippen LogP contribution in [0.25, 0.3) is 0 Å². The number of halogens is 1. The maximum absolute atomic E-state index is 12.0. The average molecular weight is 280 g/mol. The van der Waals surface area contributed by atoms with Crippen molar-refractivity contribution in [3.05, 3.63) is 46.0 Å². The number of amides is 1. The molecule has 0 spiro atoms. The van der Waals surface area contributed by atoms with E-state index in [4.69, 9.17) is 0 Å². The van der Waals surface area contributed by atoms with Gasteiger partial charge in [0.15, 0.2) is 0 Å². The summed E-state index contributed by atoms with van der Waals surface area (Å²) in [5.41, 5.74) is 1.76. The molecule has 0 unspecified atom stereocenters. The fraction of sp³-hybridized carbons (Fsp3) is 0.308. The van der Waals surface area contributed by atoms with E-state index in [2.05, 4.69) is 33.4 Å². The summed E-state index contributed by atoms with van der Waals surface area (Å²) < 4.78 is 0.938. The maximum Gasteiger partial charge on any atom is 0.251 e. The molecule has 1 aliphatic carbocycles. The van der Waals surface area contributed by atoms with Gasteiger partial charge in [0.2, 0.25) is 0 Å². The highest BCUT2D eigenvalue weighted by Crippen LogP contribution is 2.17. The summed E-state index contributed by atoms with van der Waals surface area (Å²) in [5.74, 6) is 0.0208. The van der Waals surface area contributed by atoms with Gasteiger partial charge in [-0.2, -0.15) is 0 Å². The van der Waals surface area contributed by atoms with Gasteiger partial charge < -0.3 is 5.32 Å². The quantitative estimate of drug-likeness (QED) is 0.828. The number of aryl methyl sites for hydroxylation is 1. The molecule has 84 valence electrons. The summed E-state index contributed by atoms with van der Waals surface area (Å²) in [4.78, 5) is 12.0. The van der Waals surface area contributed by atoms with Gasteiger partial charge in [-0.05, 0) is 37.5 Å². The lowest BCUT2D eigenvalue weighted by molar-refractivity contribution is 0.0938. The van der Waals surface area contributed by atoms with Crippen LogP contribution in [0, 0.1) is 6.92 Å². The van der Waals surface area contributed by atoms with Gasteiger partial charge in [0.05, 0.1) is 0 Å². The van der Waals surface area contributed by atoms with Crippen molar-refractivity contribution in [2.45, 2.75) is 25.8 Å². The molecule has 1 amide bonds. The molecule has 0 fully saturated rings. The van der Waals surface area contributed by atoms with E-state index in [-0.39, 0.29) is 11.9 Å². The molecule has 1 aliphatic rings. The highest BCUT2D eigenvalue weighted by atomic mass is 79.9. The number of carbonyl (C=O) groups is 1. The Morgan fingerprint density at radius 1 is 1.38 bits per heavy atom. The Morgan fingerprint density at radius 3 is 2.75 bits per heavy atom. The Kier molecular flexibility index (Phi) is 3.44. The summed E-state index contributed by atoms with van der Waals surface area (Å²) >= 11 is 3.38. The molecule has 0 aliphatic heterocycles. The minimum atomic E-state index is 0.0208. The van der Waals surface area contributed by atoms with Crippen molar-refractivity contribution < 1.29 is 4.79 Å². The van der Waals surface area contributed by atoms with Crippen LogP contribution < -0.4 is 5.32 Å². The molecular formula is C13H14BrNO. The molecule has 0 heterocycles. The van der Waals surface area contributed by atoms with Crippen LogP contribution in [-0.4, -0.2) is 11.9 Å². The zero-order valence-electron chi connectivity index (χ0n) is 9.16. The van der Waals surface area contributed by atoms with Gasteiger partial charge in [-0.15, -0.1) is 0 Å². The predicted molar refractivity (Wildman–Crippen MR) is 68.5 cm³/mol. The van der Waals surface area contributed by atoms with Crippen molar-refractivity contribution in [2.24, 2.45) is 0 Å². The van der Waals surface area contributed by atoms with Crippen molar-refractivity contribution in [1.82, 2.24) is 5.32 Å². The Hall–Kier alpha value is -1.09. The SMILES string of the molecule is Cc1ccc(Br)cc1C(=O)NC1CC=CC1. The molecule has 2 rings (SSSR count).